The van der Waals surface area contributed by atoms with Crippen molar-refractivity contribution in [1.29, 1.82) is 0 Å². The van der Waals surface area contributed by atoms with Crippen LogP contribution in [0.1, 0.15) is 38.1 Å². The van der Waals surface area contributed by atoms with E-state index < -0.39 is 0 Å². The second kappa shape index (κ2) is 4.14. The van der Waals surface area contributed by atoms with E-state index in [1.54, 1.807) is 12.1 Å². The van der Waals surface area contributed by atoms with Gasteiger partial charge in [-0.25, -0.2) is 0 Å². The lowest BCUT2D eigenvalue weighted by atomic mass is 10.0. The molecule has 1 saturated carbocycles. The second-order valence-corrected chi connectivity index (χ2v) is 7.12. The van der Waals surface area contributed by atoms with E-state index in [1.807, 2.05) is 0 Å². The highest BCUT2D eigenvalue weighted by molar-refractivity contribution is 6.34. The lowest BCUT2D eigenvalue weighted by Crippen LogP contribution is -2.16. The molecule has 0 spiro atoms. The van der Waals surface area contributed by atoms with Gasteiger partial charge in [-0.3, -0.25) is 4.79 Å². The number of carbonyl (C=O) groups excluding carboxylic acids is 1. The largest absolute Gasteiger partial charge is 0.486 e. The van der Waals surface area contributed by atoms with Crippen LogP contribution >= 0.6 is 11.6 Å². The van der Waals surface area contributed by atoms with Crippen molar-refractivity contribution in [3.63, 3.8) is 0 Å². The van der Waals surface area contributed by atoms with Crippen LogP contribution in [0.5, 0.6) is 11.5 Å². The lowest BCUT2D eigenvalue weighted by Gasteiger charge is -2.19. The highest BCUT2D eigenvalue weighted by Crippen LogP contribution is 2.69. The molecule has 0 aromatic heterocycles. The number of halogens is 1. The molecule has 2 aliphatic rings. The highest BCUT2D eigenvalue weighted by atomic mass is 35.5. The van der Waals surface area contributed by atoms with Gasteiger partial charge in [0.15, 0.2) is 17.3 Å². The van der Waals surface area contributed by atoms with Gasteiger partial charge in [-0.1, -0.05) is 39.3 Å². The highest BCUT2D eigenvalue weighted by Gasteiger charge is 2.68. The third kappa shape index (κ3) is 1.76. The molecule has 0 unspecified atom stereocenters. The minimum absolute atomic E-state index is 0.000667. The Balaban J connectivity index is 1.97. The van der Waals surface area contributed by atoms with Gasteiger partial charge >= 0.3 is 0 Å². The minimum atomic E-state index is -0.00458. The number of carbonyl (C=O) groups is 1. The average molecular weight is 295 g/mol. The summed E-state index contributed by atoms with van der Waals surface area (Å²) in [6.07, 6.45) is 0. The van der Waals surface area contributed by atoms with Crippen molar-refractivity contribution >= 4 is 17.4 Å². The van der Waals surface area contributed by atoms with Crippen molar-refractivity contribution in [2.75, 3.05) is 13.2 Å². The fourth-order valence-electron chi connectivity index (χ4n) is 3.26. The Bertz CT molecular complexity index is 576. The van der Waals surface area contributed by atoms with Crippen LogP contribution in [-0.4, -0.2) is 19.0 Å². The number of Topliss-reactive ketones (excluding diaryl/α,β-unsaturated/α-hetero) is 1. The third-order valence-electron chi connectivity index (χ3n) is 5.18. The van der Waals surface area contributed by atoms with Crippen LogP contribution in [-0.2, 0) is 0 Å². The Morgan fingerprint density at radius 2 is 1.60 bits per heavy atom. The van der Waals surface area contributed by atoms with Gasteiger partial charge < -0.3 is 9.47 Å². The molecular formula is C16H19ClO3. The Hall–Kier alpha value is -1.22. The van der Waals surface area contributed by atoms with Crippen molar-refractivity contribution < 1.29 is 14.3 Å². The summed E-state index contributed by atoms with van der Waals surface area (Å²) in [5, 5.41) is 0.442. The molecule has 1 aliphatic heterocycles. The van der Waals surface area contributed by atoms with E-state index in [0.717, 1.165) is 0 Å². The summed E-state index contributed by atoms with van der Waals surface area (Å²) >= 11 is 6.26. The van der Waals surface area contributed by atoms with Gasteiger partial charge in [0.2, 0.25) is 0 Å². The van der Waals surface area contributed by atoms with Gasteiger partial charge in [-0.15, -0.1) is 0 Å². The predicted molar refractivity (Wildman–Crippen MR) is 77.8 cm³/mol. The molecule has 1 aliphatic carbocycles. The molecule has 4 heteroatoms. The van der Waals surface area contributed by atoms with Crippen LogP contribution in [0.15, 0.2) is 12.1 Å². The van der Waals surface area contributed by atoms with Crippen molar-refractivity contribution in [3.05, 3.63) is 22.7 Å². The number of rotatable bonds is 2. The molecule has 0 saturated heterocycles. The van der Waals surface area contributed by atoms with Crippen molar-refractivity contribution in [2.45, 2.75) is 27.7 Å². The quantitative estimate of drug-likeness (QED) is 0.774. The van der Waals surface area contributed by atoms with E-state index in [-0.39, 0.29) is 22.5 Å². The van der Waals surface area contributed by atoms with Gasteiger partial charge in [0.1, 0.15) is 13.2 Å². The molecule has 0 bridgehead atoms. The SMILES string of the molecule is CC1(C)C(C(=O)c2cc3c(cc2Cl)OCCO3)C1(C)C. The van der Waals surface area contributed by atoms with Crippen LogP contribution in [0.3, 0.4) is 0 Å². The zero-order chi connectivity index (χ0) is 14.7. The van der Waals surface area contributed by atoms with Crippen molar-refractivity contribution in [3.8, 4) is 11.5 Å². The molecule has 0 atom stereocenters. The Morgan fingerprint density at radius 3 is 2.10 bits per heavy atom. The van der Waals surface area contributed by atoms with Crippen molar-refractivity contribution in [1.82, 2.24) is 0 Å². The molecular weight excluding hydrogens is 276 g/mol. The maximum absolute atomic E-state index is 12.8. The van der Waals surface area contributed by atoms with Gasteiger partial charge in [0, 0.05) is 17.5 Å². The zero-order valence-corrected chi connectivity index (χ0v) is 13.0. The Morgan fingerprint density at radius 1 is 1.10 bits per heavy atom. The lowest BCUT2D eigenvalue weighted by molar-refractivity contribution is 0.0944. The number of ether oxygens (including phenoxy) is 2. The number of ketones is 1. The first-order chi connectivity index (χ1) is 9.26. The summed E-state index contributed by atoms with van der Waals surface area (Å²) in [5.74, 6) is 1.32. The fourth-order valence-corrected chi connectivity index (χ4v) is 3.51. The summed E-state index contributed by atoms with van der Waals surface area (Å²) in [6.45, 7) is 9.52. The number of hydrogen-bond acceptors (Lipinski definition) is 3. The number of fused-ring (bicyclic) bond motifs is 1. The molecule has 0 amide bonds. The summed E-state index contributed by atoms with van der Waals surface area (Å²) in [4.78, 5) is 12.8. The summed E-state index contributed by atoms with van der Waals surface area (Å²) in [6, 6.07) is 3.41. The van der Waals surface area contributed by atoms with E-state index in [0.29, 0.717) is 35.3 Å². The number of benzene rings is 1. The first-order valence-electron chi connectivity index (χ1n) is 6.90. The standard InChI is InChI=1S/C16H19ClO3/c1-15(2)14(16(15,3)4)13(18)9-7-11-12(8-10(9)17)20-6-5-19-11/h7-8,14H,5-6H2,1-4H3. The van der Waals surface area contributed by atoms with Crippen LogP contribution in [0, 0.1) is 16.7 Å². The molecule has 1 fully saturated rings. The first-order valence-corrected chi connectivity index (χ1v) is 7.28. The van der Waals surface area contributed by atoms with E-state index in [9.17, 15) is 4.79 Å². The summed E-state index contributed by atoms with van der Waals surface area (Å²) in [7, 11) is 0. The summed E-state index contributed by atoms with van der Waals surface area (Å²) in [5.41, 5.74) is 0.543. The Labute approximate surface area is 124 Å². The predicted octanol–water partition coefficient (Wildman–Crippen LogP) is 3.98. The third-order valence-corrected chi connectivity index (χ3v) is 5.49. The topological polar surface area (TPSA) is 35.5 Å². The van der Waals surface area contributed by atoms with Gasteiger partial charge in [-0.2, -0.15) is 0 Å². The normalized spacial score (nSPS) is 22.4. The molecule has 108 valence electrons. The smallest absolute Gasteiger partial charge is 0.168 e. The van der Waals surface area contributed by atoms with Crippen LogP contribution < -0.4 is 9.47 Å². The maximum atomic E-state index is 12.8. The van der Waals surface area contributed by atoms with Crippen LogP contribution in [0.25, 0.3) is 0 Å². The monoisotopic (exact) mass is 294 g/mol. The molecule has 1 aromatic rings. The van der Waals surface area contributed by atoms with E-state index in [4.69, 9.17) is 21.1 Å². The molecule has 20 heavy (non-hydrogen) atoms. The van der Waals surface area contributed by atoms with Crippen molar-refractivity contribution in [2.24, 2.45) is 16.7 Å². The van der Waals surface area contributed by atoms with Gasteiger partial charge in [0.25, 0.3) is 0 Å². The van der Waals surface area contributed by atoms with E-state index in [1.165, 1.54) is 0 Å². The molecule has 0 radical (unpaired) electrons. The van der Waals surface area contributed by atoms with Crippen LogP contribution in [0.2, 0.25) is 5.02 Å². The molecule has 0 N–H and O–H groups in total. The fraction of sp³-hybridized carbons (Fsp3) is 0.562. The Kier molecular flexibility index (Phi) is 2.85. The van der Waals surface area contributed by atoms with Gasteiger partial charge in [0.05, 0.1) is 5.02 Å². The summed E-state index contributed by atoms with van der Waals surface area (Å²) < 4.78 is 11.0. The average Bonchev–Trinajstić information content (AvgIpc) is 2.78. The molecule has 1 heterocycles. The minimum Gasteiger partial charge on any atom is -0.486 e. The van der Waals surface area contributed by atoms with Gasteiger partial charge in [-0.05, 0) is 16.9 Å². The van der Waals surface area contributed by atoms with Crippen LogP contribution in [0.4, 0.5) is 0 Å². The molecule has 1 aromatic carbocycles. The van der Waals surface area contributed by atoms with E-state index >= 15 is 0 Å². The number of hydrogen-bond donors (Lipinski definition) is 0. The molecule has 3 rings (SSSR count). The first kappa shape index (κ1) is 13.7. The second-order valence-electron chi connectivity index (χ2n) is 6.72. The van der Waals surface area contributed by atoms with E-state index in [2.05, 4.69) is 27.7 Å². The molecule has 3 nitrogen and oxygen atoms in total. The zero-order valence-electron chi connectivity index (χ0n) is 12.2. The maximum Gasteiger partial charge on any atom is 0.168 e.